The van der Waals surface area contributed by atoms with Gasteiger partial charge in [0.25, 0.3) is 5.69 Å². The highest BCUT2D eigenvalue weighted by atomic mass is 16.7. The highest BCUT2D eigenvalue weighted by Crippen LogP contribution is 2.70. The fourth-order valence-corrected chi connectivity index (χ4v) is 5.69. The summed E-state index contributed by atoms with van der Waals surface area (Å²) in [5.74, 6) is -2.09. The van der Waals surface area contributed by atoms with Gasteiger partial charge in [-0.05, 0) is 24.3 Å². The molecule has 1 aliphatic carbocycles. The number of nitriles is 3. The molecule has 158 valence electrons. The number of nitro groups is 1. The highest BCUT2D eigenvalue weighted by Gasteiger charge is 2.80. The number of rotatable bonds is 4. The molecule has 0 amide bonds. The first-order chi connectivity index (χ1) is 14.8. The number of hydrogen-bond donors (Lipinski definition) is 1. The number of benzene rings is 1. The molecule has 2 bridgehead atoms. The van der Waals surface area contributed by atoms with E-state index in [1.807, 2.05) is 12.1 Å². The van der Waals surface area contributed by atoms with E-state index in [4.69, 9.17) is 14.9 Å². The summed E-state index contributed by atoms with van der Waals surface area (Å²) in [6, 6.07) is 11.7. The van der Waals surface area contributed by atoms with Crippen LogP contribution in [0.2, 0.25) is 0 Å². The van der Waals surface area contributed by atoms with E-state index in [0.717, 1.165) is 19.3 Å². The fourth-order valence-electron chi connectivity index (χ4n) is 5.69. The van der Waals surface area contributed by atoms with E-state index in [-0.39, 0.29) is 17.2 Å². The standard InChI is InChI=1S/C22H21N5O4/c1-2-4-14-7-8-22-17(9-14)21(13-25,19(26)31-22)20(11-23,12-24)18(30-22)15-5-3-6-16(10-15)27(28)29/h3,5-6,10,14,17-18,26H,2,4,7-9H2,1H3. The van der Waals surface area contributed by atoms with E-state index in [9.17, 15) is 25.9 Å². The highest BCUT2D eigenvalue weighted by molar-refractivity contribution is 5.89. The predicted octanol–water partition coefficient (Wildman–Crippen LogP) is 4.13. The molecule has 1 saturated carbocycles. The van der Waals surface area contributed by atoms with Crippen LogP contribution in [0.15, 0.2) is 24.3 Å². The number of nitro benzene ring substituents is 1. The van der Waals surface area contributed by atoms with E-state index >= 15 is 0 Å². The maximum absolute atomic E-state index is 11.3. The van der Waals surface area contributed by atoms with E-state index in [1.54, 1.807) is 0 Å². The van der Waals surface area contributed by atoms with E-state index < -0.39 is 39.5 Å². The van der Waals surface area contributed by atoms with Crippen LogP contribution in [-0.4, -0.2) is 16.6 Å². The van der Waals surface area contributed by atoms with E-state index in [0.29, 0.717) is 12.8 Å². The van der Waals surface area contributed by atoms with Gasteiger partial charge in [0.2, 0.25) is 17.1 Å². The number of nitrogens with zero attached hydrogens (tertiary/aromatic N) is 4. The van der Waals surface area contributed by atoms with Gasteiger partial charge in [0.05, 0.1) is 29.0 Å². The van der Waals surface area contributed by atoms with Crippen molar-refractivity contribution in [2.24, 2.45) is 22.7 Å². The number of non-ortho nitro benzene ring substituents is 1. The molecule has 2 saturated heterocycles. The minimum absolute atomic E-state index is 0.216. The van der Waals surface area contributed by atoms with Gasteiger partial charge in [-0.15, -0.1) is 0 Å². The van der Waals surface area contributed by atoms with Gasteiger partial charge in [-0.1, -0.05) is 31.9 Å². The fraction of sp³-hybridized carbons (Fsp3) is 0.545. The van der Waals surface area contributed by atoms with Gasteiger partial charge in [-0.2, -0.15) is 15.8 Å². The third-order valence-electron chi connectivity index (χ3n) is 7.10. The molecule has 31 heavy (non-hydrogen) atoms. The van der Waals surface area contributed by atoms with Crippen LogP contribution in [0.5, 0.6) is 0 Å². The molecule has 3 aliphatic rings. The summed E-state index contributed by atoms with van der Waals surface area (Å²) in [7, 11) is 0. The van der Waals surface area contributed by atoms with Gasteiger partial charge in [0, 0.05) is 18.6 Å². The van der Waals surface area contributed by atoms with Gasteiger partial charge < -0.3 is 9.47 Å². The largest absolute Gasteiger partial charge is 0.447 e. The average Bonchev–Trinajstić information content (AvgIpc) is 2.97. The molecule has 4 rings (SSSR count). The third kappa shape index (κ3) is 2.52. The Morgan fingerprint density at radius 2 is 2.03 bits per heavy atom. The number of ether oxygens (including phenoxy) is 2. The lowest BCUT2D eigenvalue weighted by Crippen LogP contribution is -2.61. The Morgan fingerprint density at radius 3 is 2.65 bits per heavy atom. The topological polar surface area (TPSA) is 157 Å². The second-order valence-corrected chi connectivity index (χ2v) is 8.53. The summed E-state index contributed by atoms with van der Waals surface area (Å²) in [4.78, 5) is 10.7. The van der Waals surface area contributed by atoms with E-state index in [1.165, 1.54) is 24.3 Å². The van der Waals surface area contributed by atoms with Crippen molar-refractivity contribution in [3.63, 3.8) is 0 Å². The van der Waals surface area contributed by atoms with Gasteiger partial charge in [-0.3, -0.25) is 15.5 Å². The van der Waals surface area contributed by atoms with Crippen molar-refractivity contribution in [3.8, 4) is 18.2 Å². The van der Waals surface area contributed by atoms with Crippen molar-refractivity contribution in [2.45, 2.75) is 50.9 Å². The number of nitrogens with one attached hydrogen (secondary N) is 1. The normalized spacial score (nSPS) is 35.0. The average molecular weight is 419 g/mol. The van der Waals surface area contributed by atoms with Crippen molar-refractivity contribution in [3.05, 3.63) is 39.9 Å². The second kappa shape index (κ2) is 7.04. The third-order valence-corrected chi connectivity index (χ3v) is 7.10. The summed E-state index contributed by atoms with van der Waals surface area (Å²) in [6.45, 7) is 2.07. The lowest BCUT2D eigenvalue weighted by atomic mass is 9.50. The van der Waals surface area contributed by atoms with Gasteiger partial charge in [0.1, 0.15) is 6.10 Å². The zero-order valence-corrected chi connectivity index (χ0v) is 17.0. The summed E-state index contributed by atoms with van der Waals surface area (Å²) in [5, 5.41) is 50.7. The Bertz CT molecular complexity index is 1070. The van der Waals surface area contributed by atoms with Crippen molar-refractivity contribution >= 4 is 11.6 Å². The Kier molecular flexibility index (Phi) is 4.72. The summed E-state index contributed by atoms with van der Waals surface area (Å²) < 4.78 is 12.2. The van der Waals surface area contributed by atoms with Crippen LogP contribution in [0.4, 0.5) is 5.69 Å². The Balaban J connectivity index is 1.93. The molecule has 5 atom stereocenters. The molecular weight excluding hydrogens is 398 g/mol. The predicted molar refractivity (Wildman–Crippen MR) is 106 cm³/mol. The van der Waals surface area contributed by atoms with E-state index in [2.05, 4.69) is 13.0 Å². The van der Waals surface area contributed by atoms with Crippen LogP contribution in [-0.2, 0) is 9.47 Å². The molecule has 1 aromatic rings. The Hall–Kier alpha value is -3.48. The molecular formula is C22H21N5O4. The first kappa shape index (κ1) is 20.8. The maximum Gasteiger partial charge on any atom is 0.269 e. The zero-order chi connectivity index (χ0) is 22.4. The smallest absolute Gasteiger partial charge is 0.269 e. The summed E-state index contributed by atoms with van der Waals surface area (Å²) in [5.41, 5.74) is -3.89. The number of hydrogen-bond acceptors (Lipinski definition) is 8. The zero-order valence-electron chi connectivity index (χ0n) is 17.0. The summed E-state index contributed by atoms with van der Waals surface area (Å²) >= 11 is 0. The summed E-state index contributed by atoms with van der Waals surface area (Å²) in [6.07, 6.45) is 2.32. The lowest BCUT2D eigenvalue weighted by Gasteiger charge is -2.52. The monoisotopic (exact) mass is 419 g/mol. The molecule has 0 radical (unpaired) electrons. The van der Waals surface area contributed by atoms with Gasteiger partial charge >= 0.3 is 0 Å². The molecule has 0 aromatic heterocycles. The first-order valence-corrected chi connectivity index (χ1v) is 10.3. The molecule has 3 fully saturated rings. The molecule has 5 unspecified atom stereocenters. The Labute approximate surface area is 179 Å². The SMILES string of the molecule is CCCC1CCC23OC(=N)C(C#N)(C2C1)C(C#N)(C#N)C(c1cccc([N+](=O)[O-])c1)O3. The molecule has 0 spiro atoms. The second-order valence-electron chi connectivity index (χ2n) is 8.53. The van der Waals surface area contributed by atoms with Crippen molar-refractivity contribution in [2.75, 3.05) is 0 Å². The maximum atomic E-state index is 11.3. The molecule has 1 N–H and O–H groups in total. The quantitative estimate of drug-likeness (QED) is 0.567. The molecule has 9 nitrogen and oxygen atoms in total. The van der Waals surface area contributed by atoms with Gasteiger partial charge in [0.15, 0.2) is 5.41 Å². The molecule has 9 heteroatoms. The van der Waals surface area contributed by atoms with Gasteiger partial charge in [-0.25, -0.2) is 0 Å². The van der Waals surface area contributed by atoms with Crippen molar-refractivity contribution < 1.29 is 14.4 Å². The molecule has 2 aliphatic heterocycles. The Morgan fingerprint density at radius 1 is 1.29 bits per heavy atom. The van der Waals surface area contributed by atoms with Crippen LogP contribution < -0.4 is 0 Å². The van der Waals surface area contributed by atoms with Crippen LogP contribution in [0.25, 0.3) is 0 Å². The minimum atomic E-state index is -2.09. The molecule has 1 aromatic carbocycles. The molecule has 2 heterocycles. The van der Waals surface area contributed by atoms with Crippen LogP contribution >= 0.6 is 0 Å². The first-order valence-electron chi connectivity index (χ1n) is 10.3. The van der Waals surface area contributed by atoms with Crippen LogP contribution in [0.3, 0.4) is 0 Å². The van der Waals surface area contributed by atoms with Crippen LogP contribution in [0.1, 0.15) is 50.7 Å². The lowest BCUT2D eigenvalue weighted by molar-refractivity contribution is -0.385. The minimum Gasteiger partial charge on any atom is -0.447 e. The van der Waals surface area contributed by atoms with Crippen molar-refractivity contribution in [1.82, 2.24) is 0 Å². The van der Waals surface area contributed by atoms with Crippen molar-refractivity contribution in [1.29, 1.82) is 21.2 Å². The van der Waals surface area contributed by atoms with Crippen LogP contribution in [0, 0.1) is 72.2 Å².